The Morgan fingerprint density at radius 3 is 2.50 bits per heavy atom. The molecular formula is C5H7BOS. The molecule has 0 N–H and O–H groups in total. The summed E-state index contributed by atoms with van der Waals surface area (Å²) >= 11 is 4.12. The van der Waals surface area contributed by atoms with Gasteiger partial charge < -0.3 is 4.42 Å². The molecule has 0 aromatic carbocycles. The maximum Gasteiger partial charge on any atom is 0.145 e. The summed E-state index contributed by atoms with van der Waals surface area (Å²) in [5.74, 6) is 0.954. The van der Waals surface area contributed by atoms with Gasteiger partial charge in [0.2, 0.25) is 0 Å². The summed E-state index contributed by atoms with van der Waals surface area (Å²) in [6, 6.07) is 0. The first-order valence-electron chi connectivity index (χ1n) is 2.45. The van der Waals surface area contributed by atoms with E-state index >= 15 is 0 Å². The average molecular weight is 126 g/mol. The number of hydrogen-bond donors (Lipinski definition) is 1. The van der Waals surface area contributed by atoms with Crippen LogP contribution in [0.1, 0.15) is 5.76 Å². The van der Waals surface area contributed by atoms with Crippen molar-refractivity contribution in [1.82, 2.24) is 0 Å². The van der Waals surface area contributed by atoms with Crippen LogP contribution in [0.4, 0.5) is 0 Å². The van der Waals surface area contributed by atoms with Gasteiger partial charge in [-0.05, 0) is 12.4 Å². The van der Waals surface area contributed by atoms with Crippen LogP contribution in [-0.2, 0) is 0 Å². The molecule has 1 aromatic heterocycles. The van der Waals surface area contributed by atoms with Gasteiger partial charge >= 0.3 is 0 Å². The molecule has 0 spiro atoms. The molecular weight excluding hydrogens is 119 g/mol. The van der Waals surface area contributed by atoms with Gasteiger partial charge in [0.05, 0.1) is 5.76 Å². The van der Waals surface area contributed by atoms with Crippen molar-refractivity contribution < 1.29 is 4.42 Å². The highest BCUT2D eigenvalue weighted by Gasteiger charge is 1.98. The Balaban J connectivity index is 3.19. The molecule has 0 aliphatic carbocycles. The lowest BCUT2D eigenvalue weighted by atomic mass is 9.97. The summed E-state index contributed by atoms with van der Waals surface area (Å²) in [6.45, 7) is 1.93. The van der Waals surface area contributed by atoms with Gasteiger partial charge in [0, 0.05) is 4.90 Å². The number of furan rings is 1. The Morgan fingerprint density at radius 1 is 1.75 bits per heavy atom. The fraction of sp³-hybridized carbons (Fsp3) is 0.200. The van der Waals surface area contributed by atoms with Gasteiger partial charge in [-0.2, -0.15) is 0 Å². The van der Waals surface area contributed by atoms with Gasteiger partial charge in [-0.15, -0.1) is 12.6 Å². The molecule has 0 amide bonds. The van der Waals surface area contributed by atoms with Crippen LogP contribution in [0.15, 0.2) is 15.6 Å². The molecule has 0 atom stereocenters. The second-order valence-electron chi connectivity index (χ2n) is 1.80. The lowest BCUT2D eigenvalue weighted by molar-refractivity contribution is 0.532. The Labute approximate surface area is 54.9 Å². The zero-order chi connectivity index (χ0) is 6.15. The van der Waals surface area contributed by atoms with Gasteiger partial charge in [-0.1, -0.05) is 0 Å². The second kappa shape index (κ2) is 1.90. The topological polar surface area (TPSA) is 13.1 Å². The zero-order valence-corrected chi connectivity index (χ0v) is 5.83. The highest BCUT2D eigenvalue weighted by Crippen LogP contribution is 2.04. The van der Waals surface area contributed by atoms with Gasteiger partial charge in [-0.25, -0.2) is 0 Å². The molecule has 0 aliphatic heterocycles. The average Bonchev–Trinajstić information content (AvgIpc) is 1.98. The molecule has 0 fully saturated rings. The molecule has 0 saturated carbocycles. The monoisotopic (exact) mass is 126 g/mol. The molecule has 8 heavy (non-hydrogen) atoms. The van der Waals surface area contributed by atoms with Crippen molar-refractivity contribution in [1.29, 1.82) is 0 Å². The molecule has 1 rings (SSSR count). The Morgan fingerprint density at radius 2 is 2.38 bits per heavy atom. The summed E-state index contributed by atoms with van der Waals surface area (Å²) in [6.07, 6.45) is 1.65. The number of aryl methyl sites for hydroxylation is 1. The van der Waals surface area contributed by atoms with Gasteiger partial charge in [0.1, 0.15) is 14.1 Å². The third kappa shape index (κ3) is 0.779. The largest absolute Gasteiger partial charge is 0.469 e. The maximum absolute atomic E-state index is 5.02. The number of thiol groups is 1. The third-order valence-electron chi connectivity index (χ3n) is 1.26. The number of hydrogen-bond acceptors (Lipinski definition) is 2. The molecule has 3 heteroatoms. The van der Waals surface area contributed by atoms with Crippen LogP contribution in [0.25, 0.3) is 0 Å². The van der Waals surface area contributed by atoms with E-state index in [1.165, 1.54) is 0 Å². The quantitative estimate of drug-likeness (QED) is 0.385. The molecule has 0 aliphatic rings. The van der Waals surface area contributed by atoms with Crippen molar-refractivity contribution in [3.8, 4) is 0 Å². The van der Waals surface area contributed by atoms with Gasteiger partial charge in [0.25, 0.3) is 0 Å². The van der Waals surface area contributed by atoms with Crippen molar-refractivity contribution in [2.24, 2.45) is 0 Å². The Kier molecular flexibility index (Phi) is 1.38. The fourth-order valence-corrected chi connectivity index (χ4v) is 0.711. The minimum absolute atomic E-state index is 0.933. The first-order chi connectivity index (χ1) is 3.72. The van der Waals surface area contributed by atoms with E-state index in [9.17, 15) is 0 Å². The number of rotatable bonds is 0. The fourth-order valence-electron chi connectivity index (χ4n) is 0.501. The third-order valence-corrected chi connectivity index (χ3v) is 1.70. The molecule has 0 unspecified atom stereocenters. The van der Waals surface area contributed by atoms with Crippen molar-refractivity contribution in [2.45, 2.75) is 11.8 Å². The van der Waals surface area contributed by atoms with Crippen molar-refractivity contribution >= 4 is 25.9 Å². The first kappa shape index (κ1) is 5.82. The van der Waals surface area contributed by atoms with Crippen molar-refractivity contribution in [3.63, 3.8) is 0 Å². The predicted octanol–water partition coefficient (Wildman–Crippen LogP) is 0.135. The SMILES string of the molecule is Bc1c(S)coc1C. The van der Waals surface area contributed by atoms with E-state index in [-0.39, 0.29) is 0 Å². The van der Waals surface area contributed by atoms with Crippen LogP contribution in [0.5, 0.6) is 0 Å². The summed E-state index contributed by atoms with van der Waals surface area (Å²) in [4.78, 5) is 0.933. The molecule has 0 bridgehead atoms. The van der Waals surface area contributed by atoms with E-state index in [1.54, 1.807) is 6.26 Å². The lowest BCUT2D eigenvalue weighted by Crippen LogP contribution is -2.02. The normalized spacial score (nSPS) is 9.75. The van der Waals surface area contributed by atoms with Crippen LogP contribution in [-0.4, -0.2) is 7.85 Å². The minimum atomic E-state index is 0.933. The zero-order valence-electron chi connectivity index (χ0n) is 4.93. The second-order valence-corrected chi connectivity index (χ2v) is 2.28. The van der Waals surface area contributed by atoms with E-state index in [2.05, 4.69) is 12.6 Å². The summed E-state index contributed by atoms with van der Waals surface area (Å²) in [7, 11) is 1.99. The van der Waals surface area contributed by atoms with E-state index in [0.29, 0.717) is 0 Å². The summed E-state index contributed by atoms with van der Waals surface area (Å²) < 4.78 is 5.02. The Hall–Kier alpha value is -0.305. The summed E-state index contributed by atoms with van der Waals surface area (Å²) in [5.41, 5.74) is 1.13. The highest BCUT2D eigenvalue weighted by molar-refractivity contribution is 7.80. The van der Waals surface area contributed by atoms with Crippen LogP contribution < -0.4 is 5.46 Å². The maximum atomic E-state index is 5.02. The Bertz CT molecular complexity index is 175. The van der Waals surface area contributed by atoms with Gasteiger partial charge in [-0.3, -0.25) is 0 Å². The predicted molar refractivity (Wildman–Crippen MR) is 38.9 cm³/mol. The minimum Gasteiger partial charge on any atom is -0.469 e. The van der Waals surface area contributed by atoms with Crippen LogP contribution >= 0.6 is 12.6 Å². The van der Waals surface area contributed by atoms with E-state index in [1.807, 2.05) is 14.8 Å². The molecule has 1 heterocycles. The van der Waals surface area contributed by atoms with E-state index in [4.69, 9.17) is 4.42 Å². The standard InChI is InChI=1S/C5H7BOS/c1-3-5(6)4(8)2-7-3/h2,8H,6H2,1H3. The molecule has 1 nitrogen and oxygen atoms in total. The van der Waals surface area contributed by atoms with Crippen molar-refractivity contribution in [3.05, 3.63) is 12.0 Å². The van der Waals surface area contributed by atoms with Crippen LogP contribution in [0, 0.1) is 6.92 Å². The molecule has 1 aromatic rings. The molecule has 0 saturated heterocycles. The van der Waals surface area contributed by atoms with E-state index < -0.39 is 0 Å². The molecule has 42 valence electrons. The first-order valence-corrected chi connectivity index (χ1v) is 2.90. The highest BCUT2D eigenvalue weighted by atomic mass is 32.1. The lowest BCUT2D eigenvalue weighted by Gasteiger charge is -1.83. The van der Waals surface area contributed by atoms with E-state index in [0.717, 1.165) is 16.1 Å². The van der Waals surface area contributed by atoms with Crippen molar-refractivity contribution in [2.75, 3.05) is 0 Å². The van der Waals surface area contributed by atoms with Crippen LogP contribution in [0.3, 0.4) is 0 Å². The van der Waals surface area contributed by atoms with Gasteiger partial charge in [0.15, 0.2) is 0 Å². The molecule has 0 radical (unpaired) electrons. The summed E-state index contributed by atoms with van der Waals surface area (Å²) in [5, 5.41) is 0. The van der Waals surface area contributed by atoms with Crippen LogP contribution in [0.2, 0.25) is 0 Å². The smallest absolute Gasteiger partial charge is 0.145 e.